The van der Waals surface area contributed by atoms with E-state index in [2.05, 4.69) is 5.32 Å². The summed E-state index contributed by atoms with van der Waals surface area (Å²) >= 11 is 0. The van der Waals surface area contributed by atoms with Gasteiger partial charge in [0.25, 0.3) is 0 Å². The zero-order valence-electron chi connectivity index (χ0n) is 11.3. The van der Waals surface area contributed by atoms with Gasteiger partial charge in [-0.25, -0.2) is 4.79 Å². The third-order valence-corrected chi connectivity index (χ3v) is 3.37. The highest BCUT2D eigenvalue weighted by Gasteiger charge is 2.29. The van der Waals surface area contributed by atoms with Crippen LogP contribution < -0.4 is 15.8 Å². The SMILES string of the molecule is COc1ccc(C(=O)O)cc1NC(=O)CC(N)C1CC1. The van der Waals surface area contributed by atoms with E-state index in [-0.39, 0.29) is 23.9 Å². The van der Waals surface area contributed by atoms with Crippen LogP contribution in [0.5, 0.6) is 5.75 Å². The first-order valence-electron chi connectivity index (χ1n) is 6.48. The summed E-state index contributed by atoms with van der Waals surface area (Å²) in [6.45, 7) is 0. The van der Waals surface area contributed by atoms with Gasteiger partial charge in [-0.1, -0.05) is 0 Å². The third kappa shape index (κ3) is 3.48. The smallest absolute Gasteiger partial charge is 0.335 e. The quantitative estimate of drug-likeness (QED) is 0.731. The summed E-state index contributed by atoms with van der Waals surface area (Å²) in [7, 11) is 1.46. The minimum Gasteiger partial charge on any atom is -0.495 e. The van der Waals surface area contributed by atoms with Crippen LogP contribution in [-0.4, -0.2) is 30.1 Å². The van der Waals surface area contributed by atoms with Gasteiger partial charge >= 0.3 is 5.97 Å². The van der Waals surface area contributed by atoms with Crippen LogP contribution in [-0.2, 0) is 4.79 Å². The number of methoxy groups -OCH3 is 1. The maximum atomic E-state index is 11.9. The zero-order valence-corrected chi connectivity index (χ0v) is 11.3. The first-order valence-corrected chi connectivity index (χ1v) is 6.48. The lowest BCUT2D eigenvalue weighted by atomic mass is 10.1. The molecule has 1 aliphatic carbocycles. The van der Waals surface area contributed by atoms with Gasteiger partial charge in [0.15, 0.2) is 0 Å². The maximum Gasteiger partial charge on any atom is 0.335 e. The van der Waals surface area contributed by atoms with Crippen LogP contribution in [0.15, 0.2) is 18.2 Å². The van der Waals surface area contributed by atoms with Crippen molar-refractivity contribution in [3.63, 3.8) is 0 Å². The lowest BCUT2D eigenvalue weighted by molar-refractivity contribution is -0.116. The summed E-state index contributed by atoms with van der Waals surface area (Å²) in [5.41, 5.74) is 6.33. The van der Waals surface area contributed by atoms with Crippen molar-refractivity contribution in [2.75, 3.05) is 12.4 Å². The number of hydrogen-bond acceptors (Lipinski definition) is 4. The number of carboxylic acids is 1. The van der Waals surface area contributed by atoms with Crippen molar-refractivity contribution in [1.29, 1.82) is 0 Å². The fraction of sp³-hybridized carbons (Fsp3) is 0.429. The Labute approximate surface area is 116 Å². The van der Waals surface area contributed by atoms with Crippen molar-refractivity contribution in [3.8, 4) is 5.75 Å². The van der Waals surface area contributed by atoms with Gasteiger partial charge in [-0.05, 0) is 37.0 Å². The summed E-state index contributed by atoms with van der Waals surface area (Å²) in [5.74, 6) is -0.431. The number of carbonyl (C=O) groups excluding carboxylic acids is 1. The molecular formula is C14H18N2O4. The van der Waals surface area contributed by atoms with Crippen LogP contribution in [0.25, 0.3) is 0 Å². The predicted octanol–water partition coefficient (Wildman–Crippen LogP) is 1.46. The number of hydrogen-bond donors (Lipinski definition) is 3. The molecule has 0 heterocycles. The Morgan fingerprint density at radius 2 is 2.20 bits per heavy atom. The van der Waals surface area contributed by atoms with Gasteiger partial charge < -0.3 is 20.9 Å². The molecule has 1 aromatic rings. The van der Waals surface area contributed by atoms with Gasteiger partial charge in [-0.3, -0.25) is 4.79 Å². The van der Waals surface area contributed by atoms with Crippen molar-refractivity contribution in [3.05, 3.63) is 23.8 Å². The highest BCUT2D eigenvalue weighted by atomic mass is 16.5. The second-order valence-corrected chi connectivity index (χ2v) is 4.97. The average molecular weight is 278 g/mol. The molecule has 1 saturated carbocycles. The molecule has 6 nitrogen and oxygen atoms in total. The van der Waals surface area contributed by atoms with E-state index in [4.69, 9.17) is 15.6 Å². The lowest BCUT2D eigenvalue weighted by Gasteiger charge is -2.13. The minimum atomic E-state index is -1.06. The molecule has 1 unspecified atom stereocenters. The van der Waals surface area contributed by atoms with Gasteiger partial charge in [-0.2, -0.15) is 0 Å². The average Bonchev–Trinajstić information content (AvgIpc) is 3.22. The molecule has 1 fully saturated rings. The third-order valence-electron chi connectivity index (χ3n) is 3.37. The van der Waals surface area contributed by atoms with Gasteiger partial charge in [0, 0.05) is 12.5 Å². The number of aromatic carboxylic acids is 1. The van der Waals surface area contributed by atoms with Crippen LogP contribution in [0.3, 0.4) is 0 Å². The molecule has 6 heteroatoms. The first-order chi connectivity index (χ1) is 9.51. The van der Waals surface area contributed by atoms with E-state index >= 15 is 0 Å². The number of benzene rings is 1. The Kier molecular flexibility index (Phi) is 4.24. The van der Waals surface area contributed by atoms with Crippen molar-refractivity contribution in [2.24, 2.45) is 11.7 Å². The fourth-order valence-electron chi connectivity index (χ4n) is 2.05. The van der Waals surface area contributed by atoms with E-state index in [0.29, 0.717) is 17.4 Å². The number of amides is 1. The van der Waals surface area contributed by atoms with E-state index in [1.165, 1.54) is 25.3 Å². The van der Waals surface area contributed by atoms with Crippen LogP contribution in [0.2, 0.25) is 0 Å². The molecule has 1 aliphatic rings. The van der Waals surface area contributed by atoms with Gasteiger partial charge in [0.05, 0.1) is 18.4 Å². The Morgan fingerprint density at radius 3 is 2.75 bits per heavy atom. The van der Waals surface area contributed by atoms with Crippen molar-refractivity contribution < 1.29 is 19.4 Å². The normalized spacial score (nSPS) is 15.5. The van der Waals surface area contributed by atoms with E-state index in [0.717, 1.165) is 12.8 Å². The van der Waals surface area contributed by atoms with Crippen LogP contribution in [0.4, 0.5) is 5.69 Å². The lowest BCUT2D eigenvalue weighted by Crippen LogP contribution is -2.29. The molecule has 0 aromatic heterocycles. The number of nitrogens with two attached hydrogens (primary N) is 1. The van der Waals surface area contributed by atoms with Crippen LogP contribution in [0, 0.1) is 5.92 Å². The van der Waals surface area contributed by atoms with E-state index < -0.39 is 5.97 Å². The predicted molar refractivity (Wildman–Crippen MR) is 73.9 cm³/mol. The zero-order chi connectivity index (χ0) is 14.7. The summed E-state index contributed by atoms with van der Waals surface area (Å²) < 4.78 is 5.11. The number of anilines is 1. The standard InChI is InChI=1S/C14H18N2O4/c1-20-12-5-4-9(14(18)19)6-11(12)16-13(17)7-10(15)8-2-3-8/h4-6,8,10H,2-3,7,15H2,1H3,(H,16,17)(H,18,19). The molecule has 0 saturated heterocycles. The Bertz CT molecular complexity index is 526. The van der Waals surface area contributed by atoms with Gasteiger partial charge in [0.1, 0.15) is 5.75 Å². The molecule has 0 spiro atoms. The topological polar surface area (TPSA) is 102 Å². The number of rotatable bonds is 6. The summed E-state index contributed by atoms with van der Waals surface area (Å²) in [4.78, 5) is 22.9. The van der Waals surface area contributed by atoms with E-state index in [1.54, 1.807) is 0 Å². The molecule has 1 amide bonds. The Hall–Kier alpha value is -2.08. The van der Waals surface area contributed by atoms with E-state index in [1.807, 2.05) is 0 Å². The largest absolute Gasteiger partial charge is 0.495 e. The number of carboxylic acid groups (broad SMARTS) is 1. The number of ether oxygens (including phenoxy) is 1. The van der Waals surface area contributed by atoms with Crippen LogP contribution >= 0.6 is 0 Å². The number of nitrogens with one attached hydrogen (secondary N) is 1. The molecule has 0 radical (unpaired) electrons. The molecule has 0 bridgehead atoms. The molecule has 108 valence electrons. The van der Waals surface area contributed by atoms with Gasteiger partial charge in [-0.15, -0.1) is 0 Å². The minimum absolute atomic E-state index is 0.0904. The van der Waals surface area contributed by atoms with Crippen molar-refractivity contribution in [2.45, 2.75) is 25.3 Å². The molecular weight excluding hydrogens is 260 g/mol. The summed E-state index contributed by atoms with van der Waals surface area (Å²) in [6.07, 6.45) is 2.38. The Morgan fingerprint density at radius 1 is 1.50 bits per heavy atom. The van der Waals surface area contributed by atoms with Gasteiger partial charge in [0.2, 0.25) is 5.91 Å². The highest BCUT2D eigenvalue weighted by molar-refractivity contribution is 5.95. The first kappa shape index (κ1) is 14.3. The molecule has 1 aromatic carbocycles. The Balaban J connectivity index is 2.07. The van der Waals surface area contributed by atoms with Crippen molar-refractivity contribution in [1.82, 2.24) is 0 Å². The van der Waals surface area contributed by atoms with Crippen LogP contribution in [0.1, 0.15) is 29.6 Å². The molecule has 2 rings (SSSR count). The molecule has 0 aliphatic heterocycles. The monoisotopic (exact) mass is 278 g/mol. The summed E-state index contributed by atoms with van der Waals surface area (Å²) in [5, 5.41) is 11.6. The number of carbonyl (C=O) groups is 2. The van der Waals surface area contributed by atoms with Crippen molar-refractivity contribution >= 4 is 17.6 Å². The summed E-state index contributed by atoms with van der Waals surface area (Å²) in [6, 6.07) is 4.18. The second-order valence-electron chi connectivity index (χ2n) is 4.97. The molecule has 1 atom stereocenters. The van der Waals surface area contributed by atoms with E-state index in [9.17, 15) is 9.59 Å². The molecule has 20 heavy (non-hydrogen) atoms. The highest BCUT2D eigenvalue weighted by Crippen LogP contribution is 2.33. The maximum absolute atomic E-state index is 11.9. The second kappa shape index (κ2) is 5.92. The molecule has 4 N–H and O–H groups in total. The fourth-order valence-corrected chi connectivity index (χ4v) is 2.05.